The zero-order valence-corrected chi connectivity index (χ0v) is 13.3. The van der Waals surface area contributed by atoms with Gasteiger partial charge < -0.3 is 5.73 Å². The Kier molecular flexibility index (Phi) is 5.91. The monoisotopic (exact) mass is 352 g/mol. The van der Waals surface area contributed by atoms with E-state index < -0.39 is 9.84 Å². The molecule has 0 aliphatic carbocycles. The topological polar surface area (TPSA) is 63.4 Å². The van der Waals surface area contributed by atoms with Crippen molar-refractivity contribution in [2.45, 2.75) is 6.04 Å². The molecule has 1 rings (SSSR count). The number of hydrogen-bond acceptors (Lipinski definition) is 4. The first-order valence-corrected chi connectivity index (χ1v) is 8.63. The van der Waals surface area contributed by atoms with Crippen molar-refractivity contribution >= 4 is 25.8 Å². The van der Waals surface area contributed by atoms with Crippen LogP contribution < -0.4 is 5.73 Å². The van der Waals surface area contributed by atoms with E-state index >= 15 is 0 Å². The Morgan fingerprint density at radius 3 is 2.58 bits per heavy atom. The summed E-state index contributed by atoms with van der Waals surface area (Å²) in [6.07, 6.45) is 1.20. The molecule has 0 aliphatic heterocycles. The molecule has 0 saturated heterocycles. The van der Waals surface area contributed by atoms with Crippen molar-refractivity contribution in [1.29, 1.82) is 0 Å². The summed E-state index contributed by atoms with van der Waals surface area (Å²) in [5, 5.41) is 0. The van der Waals surface area contributed by atoms with Crippen LogP contribution in [0.5, 0.6) is 0 Å². The molecule has 0 spiro atoms. The van der Waals surface area contributed by atoms with Crippen LogP contribution in [0.15, 0.2) is 22.7 Å². The lowest BCUT2D eigenvalue weighted by Crippen LogP contribution is -2.34. The largest absolute Gasteiger partial charge is 0.329 e. The second-order valence-corrected chi connectivity index (χ2v) is 7.64. The van der Waals surface area contributed by atoms with E-state index in [1.807, 2.05) is 4.90 Å². The number of likely N-dealkylation sites (N-methyl/N-ethyl adjacent to an activating group) is 1. The molecule has 0 aromatic heterocycles. The highest BCUT2D eigenvalue weighted by Gasteiger charge is 2.19. The van der Waals surface area contributed by atoms with Gasteiger partial charge in [-0.1, -0.05) is 22.0 Å². The smallest absolute Gasteiger partial charge is 0.148 e. The summed E-state index contributed by atoms with van der Waals surface area (Å²) in [6.45, 7) is 0.703. The highest BCUT2D eigenvalue weighted by atomic mass is 79.9. The molecule has 0 radical (unpaired) electrons. The summed E-state index contributed by atoms with van der Waals surface area (Å²) in [6, 6.07) is 4.25. The quantitative estimate of drug-likeness (QED) is 0.843. The van der Waals surface area contributed by atoms with Crippen LogP contribution >= 0.6 is 15.9 Å². The molecule has 0 heterocycles. The fourth-order valence-corrected chi connectivity index (χ4v) is 3.02. The first-order valence-electron chi connectivity index (χ1n) is 5.77. The first-order chi connectivity index (χ1) is 8.74. The van der Waals surface area contributed by atoms with Crippen LogP contribution in [-0.4, -0.2) is 45.5 Å². The maximum atomic E-state index is 13.1. The lowest BCUT2D eigenvalue weighted by atomic mass is 10.1. The molecule has 19 heavy (non-hydrogen) atoms. The molecule has 108 valence electrons. The van der Waals surface area contributed by atoms with Crippen molar-refractivity contribution < 1.29 is 12.8 Å². The Bertz CT molecular complexity index is 537. The lowest BCUT2D eigenvalue weighted by molar-refractivity contribution is 0.263. The van der Waals surface area contributed by atoms with Crippen molar-refractivity contribution in [2.75, 3.05) is 32.1 Å². The number of nitrogens with zero attached hydrogens (tertiary/aromatic N) is 1. The lowest BCUT2D eigenvalue weighted by Gasteiger charge is -2.27. The number of sulfone groups is 1. The molecular formula is C12H18BrFN2O2S. The van der Waals surface area contributed by atoms with Gasteiger partial charge in [0.15, 0.2) is 0 Å². The Labute approximate surface area is 121 Å². The predicted molar refractivity (Wildman–Crippen MR) is 78.2 cm³/mol. The molecule has 0 saturated carbocycles. The Morgan fingerprint density at radius 2 is 2.11 bits per heavy atom. The van der Waals surface area contributed by atoms with Gasteiger partial charge in [0.05, 0.1) is 5.75 Å². The van der Waals surface area contributed by atoms with E-state index in [4.69, 9.17) is 5.73 Å². The number of nitrogens with two attached hydrogens (primary N) is 1. The third-order valence-electron chi connectivity index (χ3n) is 2.89. The molecular weight excluding hydrogens is 335 g/mol. The molecule has 4 nitrogen and oxygen atoms in total. The molecule has 0 fully saturated rings. The van der Waals surface area contributed by atoms with Crippen LogP contribution in [0.1, 0.15) is 11.6 Å². The van der Waals surface area contributed by atoms with Gasteiger partial charge in [0.1, 0.15) is 15.7 Å². The van der Waals surface area contributed by atoms with E-state index in [0.717, 1.165) is 5.56 Å². The van der Waals surface area contributed by atoms with Crippen LogP contribution in [-0.2, 0) is 9.84 Å². The van der Waals surface area contributed by atoms with Crippen molar-refractivity contribution in [3.05, 3.63) is 34.1 Å². The molecule has 0 amide bonds. The van der Waals surface area contributed by atoms with Gasteiger partial charge >= 0.3 is 0 Å². The third kappa shape index (κ3) is 5.18. The molecule has 1 aromatic rings. The summed E-state index contributed by atoms with van der Waals surface area (Å²) in [7, 11) is -1.21. The minimum Gasteiger partial charge on any atom is -0.329 e. The van der Waals surface area contributed by atoms with Crippen LogP contribution in [0, 0.1) is 5.82 Å². The molecule has 1 aromatic carbocycles. The molecule has 1 atom stereocenters. The fourth-order valence-electron chi connectivity index (χ4n) is 1.78. The zero-order chi connectivity index (χ0) is 14.6. The van der Waals surface area contributed by atoms with E-state index in [2.05, 4.69) is 15.9 Å². The SMILES string of the molecule is CN(CCS(C)(=O)=O)C(CN)c1ccc(F)cc1Br. The highest BCUT2D eigenvalue weighted by molar-refractivity contribution is 9.10. The fraction of sp³-hybridized carbons (Fsp3) is 0.500. The maximum Gasteiger partial charge on any atom is 0.148 e. The second-order valence-electron chi connectivity index (χ2n) is 4.53. The molecule has 2 N–H and O–H groups in total. The number of rotatable bonds is 6. The zero-order valence-electron chi connectivity index (χ0n) is 10.9. The van der Waals surface area contributed by atoms with E-state index in [-0.39, 0.29) is 17.6 Å². The molecule has 0 bridgehead atoms. The minimum absolute atomic E-state index is 0.0683. The van der Waals surface area contributed by atoms with Crippen molar-refractivity contribution in [2.24, 2.45) is 5.73 Å². The standard InChI is InChI=1S/C12H18BrFN2O2S/c1-16(5-6-19(2,17)18)12(8-15)10-4-3-9(14)7-11(10)13/h3-4,7,12H,5-6,8,15H2,1-2H3. The van der Waals surface area contributed by atoms with Crippen molar-refractivity contribution in [3.8, 4) is 0 Å². The Morgan fingerprint density at radius 1 is 1.47 bits per heavy atom. The van der Waals surface area contributed by atoms with E-state index in [1.165, 1.54) is 18.4 Å². The predicted octanol–water partition coefficient (Wildman–Crippen LogP) is 1.56. The first kappa shape index (κ1) is 16.6. The normalized spacial score (nSPS) is 13.8. The number of benzene rings is 1. The Hall–Kier alpha value is -0.500. The number of halogens is 2. The van der Waals surface area contributed by atoms with Gasteiger partial charge in [-0.25, -0.2) is 12.8 Å². The Balaban J connectivity index is 2.87. The van der Waals surface area contributed by atoms with E-state index in [1.54, 1.807) is 13.1 Å². The van der Waals surface area contributed by atoms with Crippen LogP contribution in [0.3, 0.4) is 0 Å². The maximum absolute atomic E-state index is 13.1. The van der Waals surface area contributed by atoms with E-state index in [9.17, 15) is 12.8 Å². The van der Waals surface area contributed by atoms with Crippen molar-refractivity contribution in [3.63, 3.8) is 0 Å². The van der Waals surface area contributed by atoms with Gasteiger partial charge in [0, 0.05) is 29.9 Å². The molecule has 7 heteroatoms. The minimum atomic E-state index is -3.01. The van der Waals surface area contributed by atoms with Gasteiger partial charge in [0.25, 0.3) is 0 Å². The third-order valence-corrected chi connectivity index (χ3v) is 4.50. The number of hydrogen-bond donors (Lipinski definition) is 1. The van der Waals surface area contributed by atoms with Crippen LogP contribution in [0.4, 0.5) is 4.39 Å². The summed E-state index contributed by atoms with van der Waals surface area (Å²) >= 11 is 3.31. The van der Waals surface area contributed by atoms with Gasteiger partial charge in [-0.05, 0) is 24.7 Å². The van der Waals surface area contributed by atoms with Crippen molar-refractivity contribution in [1.82, 2.24) is 4.90 Å². The average molecular weight is 353 g/mol. The van der Waals surface area contributed by atoms with Crippen LogP contribution in [0.2, 0.25) is 0 Å². The van der Waals surface area contributed by atoms with Crippen LogP contribution in [0.25, 0.3) is 0 Å². The summed E-state index contributed by atoms with van der Waals surface area (Å²) in [5.74, 6) is -0.260. The van der Waals surface area contributed by atoms with E-state index in [0.29, 0.717) is 17.6 Å². The molecule has 0 aliphatic rings. The molecule has 1 unspecified atom stereocenters. The summed E-state index contributed by atoms with van der Waals surface area (Å²) < 4.78 is 36.1. The second kappa shape index (κ2) is 6.78. The van der Waals surface area contributed by atoms with Gasteiger partial charge in [0.2, 0.25) is 0 Å². The van der Waals surface area contributed by atoms with Gasteiger partial charge in [-0.15, -0.1) is 0 Å². The van der Waals surface area contributed by atoms with Gasteiger partial charge in [-0.3, -0.25) is 4.90 Å². The summed E-state index contributed by atoms with van der Waals surface area (Å²) in [5.41, 5.74) is 6.59. The van der Waals surface area contributed by atoms with Gasteiger partial charge in [-0.2, -0.15) is 0 Å². The highest BCUT2D eigenvalue weighted by Crippen LogP contribution is 2.27. The average Bonchev–Trinajstić information content (AvgIpc) is 2.29. The summed E-state index contributed by atoms with van der Waals surface area (Å²) in [4.78, 5) is 1.86.